The minimum absolute atomic E-state index is 0.0520. The van der Waals surface area contributed by atoms with Crippen LogP contribution in [0.1, 0.15) is 401 Å². The lowest BCUT2D eigenvalue weighted by atomic mass is 9.92. The van der Waals surface area contributed by atoms with Gasteiger partial charge in [-0.05, 0) is 102 Å². The third-order valence-corrected chi connectivity index (χ3v) is 19.1. The predicted octanol–water partition coefficient (Wildman–Crippen LogP) is 21.8. The summed E-state index contributed by atoms with van der Waals surface area (Å²) in [5, 5.41) is 21.4. The molecule has 0 fully saturated rings. The van der Waals surface area contributed by atoms with Crippen molar-refractivity contribution in [2.45, 2.75) is 438 Å². The van der Waals surface area contributed by atoms with Crippen LogP contribution < -0.4 is 0 Å². The maximum atomic E-state index is 13.1. The van der Waals surface area contributed by atoms with Crippen LogP contribution in [0.5, 0.6) is 0 Å². The fraction of sp³-hybridized carbons (Fsp3) is 0.949. The first-order valence-electron chi connectivity index (χ1n) is 39.0. The Balaban J connectivity index is 4.48. The van der Waals surface area contributed by atoms with E-state index in [2.05, 4.69) is 41.5 Å². The summed E-state index contributed by atoms with van der Waals surface area (Å²) in [5.41, 5.74) is 0. The van der Waals surface area contributed by atoms with Gasteiger partial charge in [-0.2, -0.15) is 0 Å². The van der Waals surface area contributed by atoms with E-state index in [4.69, 9.17) is 28.4 Å². The highest BCUT2D eigenvalue weighted by atomic mass is 16.6. The van der Waals surface area contributed by atoms with E-state index < -0.39 is 0 Å². The molecule has 0 aromatic carbocycles. The van der Waals surface area contributed by atoms with E-state index in [1.165, 1.54) is 135 Å². The molecule has 12 heteroatoms. The zero-order chi connectivity index (χ0) is 66.2. The van der Waals surface area contributed by atoms with Gasteiger partial charge in [-0.3, -0.25) is 19.2 Å². The normalized spacial score (nSPS) is 14.4. The molecule has 0 rings (SSSR count). The van der Waals surface area contributed by atoms with Crippen molar-refractivity contribution in [1.82, 2.24) is 0 Å². The van der Waals surface area contributed by atoms with Crippen LogP contribution in [0, 0.1) is 11.8 Å². The maximum Gasteiger partial charge on any atom is 0.306 e. The number of hydrogen-bond donors (Lipinski definition) is 2. The Bertz CT molecular complexity index is 1560. The SMILES string of the molecule is CCCCCCCCC(C)C(O)CCCCCCCC(=O)OC(CCCCCCCC)C(CCCCCCC(=O)OCCCOC(=O)CCCCCCCC(OC(=O)CCCCCCCC(OC)C(O)CCCCCCCC)C(C)CCCCCCCC)OC. The van der Waals surface area contributed by atoms with Gasteiger partial charge in [0.1, 0.15) is 12.2 Å². The van der Waals surface area contributed by atoms with Crippen LogP contribution in [0.15, 0.2) is 0 Å². The second-order valence-electron chi connectivity index (χ2n) is 27.6. The van der Waals surface area contributed by atoms with Crippen molar-refractivity contribution >= 4 is 23.9 Å². The molecule has 0 aromatic rings. The van der Waals surface area contributed by atoms with Gasteiger partial charge >= 0.3 is 23.9 Å². The Morgan fingerprint density at radius 3 is 0.911 bits per heavy atom. The number of carbonyl (C=O) groups is 4. The standard InChI is InChI=1S/C78H150O12/c1-9-13-17-21-28-40-53-67(5)69(79)55-42-31-25-36-51-64-78(84)90-74(60-47-32-24-20-16-12-4)73(86-8)59-46-38-39-49-62-76(82)88-66-52-65-87-75(81)61-48-35-26-33-44-57-71(68(6)54-41-29-22-18-14-10-2)89-77(83)63-50-37-27-34-45-58-72(85-7)70(80)56-43-30-23-19-15-11-3/h67-74,79-80H,9-66H2,1-8H3. The molecule has 0 spiro atoms. The molecule has 0 aromatic heterocycles. The van der Waals surface area contributed by atoms with E-state index in [9.17, 15) is 29.4 Å². The van der Waals surface area contributed by atoms with Crippen LogP contribution >= 0.6 is 0 Å². The maximum absolute atomic E-state index is 13.1. The minimum atomic E-state index is -0.388. The highest BCUT2D eigenvalue weighted by Gasteiger charge is 2.26. The van der Waals surface area contributed by atoms with Crippen molar-refractivity contribution in [3.05, 3.63) is 0 Å². The average Bonchev–Trinajstić information content (AvgIpc) is 3.74. The quantitative estimate of drug-likeness (QED) is 0.0337. The highest BCUT2D eigenvalue weighted by Crippen LogP contribution is 2.26. The van der Waals surface area contributed by atoms with Gasteiger partial charge in [-0.25, -0.2) is 0 Å². The number of hydrogen-bond acceptors (Lipinski definition) is 12. The van der Waals surface area contributed by atoms with Crippen molar-refractivity contribution in [3.8, 4) is 0 Å². The summed E-state index contributed by atoms with van der Waals surface area (Å²) in [6.07, 6.45) is 56.4. The molecule has 90 heavy (non-hydrogen) atoms. The molecule has 0 heterocycles. The van der Waals surface area contributed by atoms with Gasteiger partial charge in [-0.15, -0.1) is 0 Å². The molecular weight excluding hydrogens is 1130 g/mol. The second kappa shape index (κ2) is 66.7. The highest BCUT2D eigenvalue weighted by molar-refractivity contribution is 5.70. The molecule has 0 aliphatic carbocycles. The molecule has 0 bridgehead atoms. The zero-order valence-electron chi connectivity index (χ0n) is 60.6. The largest absolute Gasteiger partial charge is 0.466 e. The van der Waals surface area contributed by atoms with Crippen molar-refractivity contribution < 1.29 is 57.8 Å². The fourth-order valence-corrected chi connectivity index (χ4v) is 12.7. The molecule has 2 N–H and O–H groups in total. The first kappa shape index (κ1) is 87.7. The minimum Gasteiger partial charge on any atom is -0.466 e. The first-order chi connectivity index (χ1) is 43.9. The molecule has 0 radical (unpaired) electrons. The number of methoxy groups -OCH3 is 2. The molecule has 0 amide bonds. The molecule has 0 saturated carbocycles. The van der Waals surface area contributed by atoms with Crippen molar-refractivity contribution in [2.24, 2.45) is 11.8 Å². The van der Waals surface area contributed by atoms with Gasteiger partial charge in [0.15, 0.2) is 0 Å². The molecule has 12 nitrogen and oxygen atoms in total. The van der Waals surface area contributed by atoms with Crippen LogP contribution in [0.2, 0.25) is 0 Å². The predicted molar refractivity (Wildman–Crippen MR) is 375 cm³/mol. The Hall–Kier alpha value is -2.28. The van der Waals surface area contributed by atoms with E-state index in [1.54, 1.807) is 14.2 Å². The molecular formula is C78H150O12. The smallest absolute Gasteiger partial charge is 0.306 e. The van der Waals surface area contributed by atoms with E-state index in [-0.39, 0.29) is 73.7 Å². The number of esters is 4. The molecule has 0 aliphatic rings. The van der Waals surface area contributed by atoms with Crippen LogP contribution in [0.25, 0.3) is 0 Å². The summed E-state index contributed by atoms with van der Waals surface area (Å²) in [4.78, 5) is 51.3. The number of unbranched alkanes of at least 4 members (excludes halogenated alkanes) is 35. The Morgan fingerprint density at radius 1 is 0.267 bits per heavy atom. The zero-order valence-corrected chi connectivity index (χ0v) is 60.6. The van der Waals surface area contributed by atoms with Gasteiger partial charge in [0.2, 0.25) is 0 Å². The van der Waals surface area contributed by atoms with E-state index in [0.717, 1.165) is 193 Å². The molecule has 8 atom stereocenters. The summed E-state index contributed by atoms with van der Waals surface area (Å²) < 4.78 is 34.9. The van der Waals surface area contributed by atoms with Gasteiger partial charge < -0.3 is 38.6 Å². The number of ether oxygens (including phenoxy) is 6. The lowest BCUT2D eigenvalue weighted by Gasteiger charge is -2.26. The average molecular weight is 1280 g/mol. The molecule has 0 saturated heterocycles. The molecule has 8 unspecified atom stereocenters. The van der Waals surface area contributed by atoms with Gasteiger partial charge in [-0.1, -0.05) is 279 Å². The Morgan fingerprint density at radius 2 is 0.533 bits per heavy atom. The van der Waals surface area contributed by atoms with Crippen molar-refractivity contribution in [1.29, 1.82) is 0 Å². The topological polar surface area (TPSA) is 164 Å². The summed E-state index contributed by atoms with van der Waals surface area (Å²) in [7, 11) is 3.44. The van der Waals surface area contributed by atoms with Crippen molar-refractivity contribution in [2.75, 3.05) is 27.4 Å². The van der Waals surface area contributed by atoms with E-state index in [1.807, 2.05) is 0 Å². The molecule has 534 valence electrons. The second-order valence-corrected chi connectivity index (χ2v) is 27.6. The third-order valence-electron chi connectivity index (χ3n) is 19.1. The fourth-order valence-electron chi connectivity index (χ4n) is 12.7. The number of rotatable bonds is 71. The summed E-state index contributed by atoms with van der Waals surface area (Å²) in [6.45, 7) is 13.9. The van der Waals surface area contributed by atoms with Crippen LogP contribution in [-0.2, 0) is 47.6 Å². The van der Waals surface area contributed by atoms with Crippen LogP contribution in [0.4, 0.5) is 0 Å². The number of aliphatic hydroxyl groups is 2. The number of carbonyl (C=O) groups excluding carboxylic acids is 4. The Labute approximate surface area is 556 Å². The summed E-state index contributed by atoms with van der Waals surface area (Å²) in [6, 6.07) is 0. The third kappa shape index (κ3) is 56.1. The van der Waals surface area contributed by atoms with Gasteiger partial charge in [0.05, 0.1) is 37.6 Å². The summed E-state index contributed by atoms with van der Waals surface area (Å²) in [5.74, 6) is 0.0856. The van der Waals surface area contributed by atoms with Crippen LogP contribution in [0.3, 0.4) is 0 Å². The van der Waals surface area contributed by atoms with E-state index in [0.29, 0.717) is 43.9 Å². The molecule has 0 aliphatic heterocycles. The monoisotopic (exact) mass is 1280 g/mol. The van der Waals surface area contributed by atoms with Crippen LogP contribution in [-0.4, -0.2) is 98.1 Å². The van der Waals surface area contributed by atoms with Gasteiger partial charge in [0.25, 0.3) is 0 Å². The van der Waals surface area contributed by atoms with Gasteiger partial charge in [0, 0.05) is 46.3 Å². The number of aliphatic hydroxyl groups excluding tert-OH is 2. The van der Waals surface area contributed by atoms with E-state index >= 15 is 0 Å². The lowest BCUT2D eigenvalue weighted by Crippen LogP contribution is -2.33. The first-order valence-corrected chi connectivity index (χ1v) is 39.0. The lowest BCUT2D eigenvalue weighted by molar-refractivity contribution is -0.157. The summed E-state index contributed by atoms with van der Waals surface area (Å²) >= 11 is 0. The Kier molecular flexibility index (Phi) is 65.0. The van der Waals surface area contributed by atoms with Crippen molar-refractivity contribution in [3.63, 3.8) is 0 Å².